The number of hydrazine groups is 5. The third-order valence-corrected chi connectivity index (χ3v) is 2.56. The SMILES string of the molecule is CC(=O)N1CCCCN([N+](=O)[O-])N([N+](=O)[O-])N1C(C)=O. The van der Waals surface area contributed by atoms with Crippen LogP contribution in [0.25, 0.3) is 0 Å². The van der Waals surface area contributed by atoms with Gasteiger partial charge in [0.15, 0.2) is 10.3 Å². The quantitative estimate of drug-likeness (QED) is 0.477. The largest absolute Gasteiger partial charge is 0.273 e. The highest BCUT2D eigenvalue weighted by Crippen LogP contribution is 2.15. The van der Waals surface area contributed by atoms with Gasteiger partial charge in [-0.3, -0.25) is 9.59 Å². The zero-order chi connectivity index (χ0) is 15.4. The van der Waals surface area contributed by atoms with Crippen LogP contribution in [0.5, 0.6) is 0 Å². The van der Waals surface area contributed by atoms with Gasteiger partial charge in [0, 0.05) is 25.5 Å². The lowest BCUT2D eigenvalue weighted by Crippen LogP contribution is -2.66. The van der Waals surface area contributed by atoms with Crippen LogP contribution in [0.15, 0.2) is 0 Å². The maximum Gasteiger partial charge on any atom is 0.265 e. The van der Waals surface area contributed by atoms with Gasteiger partial charge in [-0.25, -0.2) is 25.2 Å². The lowest BCUT2D eigenvalue weighted by Gasteiger charge is -2.37. The van der Waals surface area contributed by atoms with E-state index in [1.54, 1.807) is 0 Å². The number of hydrogen-bond donors (Lipinski definition) is 0. The molecule has 0 aromatic rings. The molecule has 0 aromatic heterocycles. The second kappa shape index (κ2) is 5.99. The van der Waals surface area contributed by atoms with E-state index in [-0.39, 0.29) is 29.9 Å². The highest BCUT2D eigenvalue weighted by Gasteiger charge is 2.45. The summed E-state index contributed by atoms with van der Waals surface area (Å²) in [4.78, 5) is 45.1. The Balaban J connectivity index is 3.29. The molecule has 1 heterocycles. The maximum absolute atomic E-state index is 11.6. The molecule has 1 aliphatic heterocycles. The summed E-state index contributed by atoms with van der Waals surface area (Å²) in [5.41, 5.74) is 0. The summed E-state index contributed by atoms with van der Waals surface area (Å²) in [7, 11) is 0. The normalized spacial score (nSPS) is 16.5. The highest BCUT2D eigenvalue weighted by molar-refractivity contribution is 5.79. The Bertz CT molecular complexity index is 401. The molecule has 20 heavy (non-hydrogen) atoms. The number of hydrogen-bond acceptors (Lipinski definition) is 6. The highest BCUT2D eigenvalue weighted by atomic mass is 16.8. The van der Waals surface area contributed by atoms with Gasteiger partial charge in [0.05, 0.1) is 0 Å². The van der Waals surface area contributed by atoms with Crippen molar-refractivity contribution in [3.63, 3.8) is 0 Å². The molecule has 0 atom stereocenters. The third-order valence-electron chi connectivity index (χ3n) is 2.56. The van der Waals surface area contributed by atoms with Gasteiger partial charge in [-0.1, -0.05) is 5.12 Å². The molecule has 1 saturated heterocycles. The average molecular weight is 290 g/mol. The molecule has 12 heteroatoms. The van der Waals surface area contributed by atoms with E-state index < -0.39 is 21.9 Å². The van der Waals surface area contributed by atoms with E-state index in [0.29, 0.717) is 11.5 Å². The van der Waals surface area contributed by atoms with Crippen molar-refractivity contribution in [1.82, 2.24) is 20.5 Å². The van der Waals surface area contributed by atoms with Crippen LogP contribution in [0.3, 0.4) is 0 Å². The Kier molecular flexibility index (Phi) is 4.61. The average Bonchev–Trinajstić information content (AvgIpc) is 2.26. The summed E-state index contributed by atoms with van der Waals surface area (Å²) >= 11 is 0. The van der Waals surface area contributed by atoms with Crippen molar-refractivity contribution in [2.45, 2.75) is 26.7 Å². The van der Waals surface area contributed by atoms with E-state index in [4.69, 9.17) is 0 Å². The van der Waals surface area contributed by atoms with Gasteiger partial charge in [-0.2, -0.15) is 0 Å². The van der Waals surface area contributed by atoms with Crippen LogP contribution in [-0.2, 0) is 9.59 Å². The molecule has 1 aliphatic rings. The minimum Gasteiger partial charge on any atom is -0.273 e. The maximum atomic E-state index is 11.6. The van der Waals surface area contributed by atoms with Crippen LogP contribution in [0, 0.1) is 20.2 Å². The Labute approximate surface area is 113 Å². The molecule has 0 bridgehead atoms. The zero-order valence-corrected chi connectivity index (χ0v) is 11.0. The molecule has 0 N–H and O–H groups in total. The number of amides is 2. The first-order valence-corrected chi connectivity index (χ1v) is 5.72. The fraction of sp³-hybridized carbons (Fsp3) is 0.750. The molecule has 112 valence electrons. The second-order valence-electron chi connectivity index (χ2n) is 4.00. The second-order valence-corrected chi connectivity index (χ2v) is 4.00. The summed E-state index contributed by atoms with van der Waals surface area (Å²) in [5, 5.41) is 21.2. The molecular weight excluding hydrogens is 276 g/mol. The first kappa shape index (κ1) is 15.4. The fourth-order valence-electron chi connectivity index (χ4n) is 1.78. The Morgan fingerprint density at radius 3 is 1.90 bits per heavy atom. The van der Waals surface area contributed by atoms with Crippen LogP contribution in [0.1, 0.15) is 26.7 Å². The standard InChI is InChI=1S/C8H14N6O6/c1-7(15)9-5-3-4-6-10(13(17)18)12(14(19)20)11(9)8(2)16/h3-6H2,1-2H3. The molecule has 2 amide bonds. The summed E-state index contributed by atoms with van der Waals surface area (Å²) < 4.78 is 0. The smallest absolute Gasteiger partial charge is 0.265 e. The molecule has 12 nitrogen and oxygen atoms in total. The molecule has 0 unspecified atom stereocenters. The van der Waals surface area contributed by atoms with Crippen molar-refractivity contribution >= 4 is 11.8 Å². The van der Waals surface area contributed by atoms with Crippen molar-refractivity contribution < 1.29 is 19.7 Å². The lowest BCUT2D eigenvalue weighted by molar-refractivity contribution is -0.862. The third kappa shape index (κ3) is 3.02. The zero-order valence-electron chi connectivity index (χ0n) is 11.0. The molecule has 0 spiro atoms. The van der Waals surface area contributed by atoms with Crippen LogP contribution in [0.4, 0.5) is 0 Å². The van der Waals surface area contributed by atoms with E-state index in [0.717, 1.165) is 18.9 Å². The number of carbonyl (C=O) groups is 2. The summed E-state index contributed by atoms with van der Waals surface area (Å²) in [6.45, 7) is 1.91. The van der Waals surface area contributed by atoms with Crippen LogP contribution < -0.4 is 0 Å². The van der Waals surface area contributed by atoms with Crippen molar-refractivity contribution in [3.05, 3.63) is 20.2 Å². The van der Waals surface area contributed by atoms with Gasteiger partial charge in [0.1, 0.15) is 6.54 Å². The van der Waals surface area contributed by atoms with Gasteiger partial charge in [0.2, 0.25) is 10.9 Å². The van der Waals surface area contributed by atoms with Crippen molar-refractivity contribution in [2.75, 3.05) is 13.1 Å². The minimum atomic E-state index is -1.12. The molecule has 0 aromatic carbocycles. The molecular formula is C8H14N6O6. The van der Waals surface area contributed by atoms with Crippen molar-refractivity contribution in [2.24, 2.45) is 0 Å². The predicted octanol–water partition coefficient (Wildman–Crippen LogP) is -0.790. The number of rotatable bonds is 2. The topological polar surface area (TPSA) is 133 Å². The predicted molar refractivity (Wildman–Crippen MR) is 61.7 cm³/mol. The van der Waals surface area contributed by atoms with E-state index in [1.807, 2.05) is 0 Å². The summed E-state index contributed by atoms with van der Waals surface area (Å²) in [5.74, 6) is -1.51. The van der Waals surface area contributed by atoms with Gasteiger partial charge in [-0.05, 0) is 12.8 Å². The molecule has 1 rings (SSSR count). The Morgan fingerprint density at radius 2 is 1.50 bits per heavy atom. The first-order valence-electron chi connectivity index (χ1n) is 5.72. The van der Waals surface area contributed by atoms with Crippen molar-refractivity contribution in [3.8, 4) is 0 Å². The van der Waals surface area contributed by atoms with Gasteiger partial charge >= 0.3 is 0 Å². The number of nitro groups is 2. The Morgan fingerprint density at radius 1 is 0.950 bits per heavy atom. The minimum absolute atomic E-state index is 0.0527. The van der Waals surface area contributed by atoms with E-state index >= 15 is 0 Å². The Hall–Kier alpha value is -2.66. The van der Waals surface area contributed by atoms with Crippen LogP contribution in [-0.4, -0.2) is 55.4 Å². The lowest BCUT2D eigenvalue weighted by atomic mass is 10.3. The van der Waals surface area contributed by atoms with E-state index in [2.05, 4.69) is 0 Å². The monoisotopic (exact) mass is 290 g/mol. The number of carbonyl (C=O) groups excluding carboxylic acids is 2. The summed E-state index contributed by atoms with van der Waals surface area (Å²) in [6.07, 6.45) is 0.639. The van der Waals surface area contributed by atoms with Gasteiger partial charge < -0.3 is 0 Å². The summed E-state index contributed by atoms with van der Waals surface area (Å²) in [6, 6.07) is 0. The van der Waals surface area contributed by atoms with Gasteiger partial charge in [0.25, 0.3) is 5.91 Å². The van der Waals surface area contributed by atoms with Crippen LogP contribution >= 0.6 is 0 Å². The van der Waals surface area contributed by atoms with E-state index in [1.165, 1.54) is 0 Å². The van der Waals surface area contributed by atoms with E-state index in [9.17, 15) is 29.8 Å². The number of nitrogens with zero attached hydrogens (tertiary/aromatic N) is 6. The van der Waals surface area contributed by atoms with Gasteiger partial charge in [-0.15, -0.1) is 0 Å². The molecule has 0 radical (unpaired) electrons. The fourth-order valence-corrected chi connectivity index (χ4v) is 1.78. The van der Waals surface area contributed by atoms with Crippen LogP contribution in [0.2, 0.25) is 0 Å². The van der Waals surface area contributed by atoms with Crippen molar-refractivity contribution in [1.29, 1.82) is 0 Å². The molecule has 0 saturated carbocycles. The molecule has 0 aliphatic carbocycles. The first-order chi connectivity index (χ1) is 9.27. The molecule has 1 fully saturated rings.